The fourth-order valence-electron chi connectivity index (χ4n) is 2.14. The topological polar surface area (TPSA) is 54.9 Å². The maximum atomic E-state index is 12.2. The minimum Gasteiger partial charge on any atom is -0.298 e. The van der Waals surface area contributed by atoms with Crippen LogP contribution in [0.3, 0.4) is 0 Å². The van der Waals surface area contributed by atoms with Crippen LogP contribution in [0.15, 0.2) is 15.0 Å². The Balaban J connectivity index is 2.40. The van der Waals surface area contributed by atoms with Gasteiger partial charge >= 0.3 is 5.69 Å². The van der Waals surface area contributed by atoms with E-state index < -0.39 is 0 Å². The van der Waals surface area contributed by atoms with Gasteiger partial charge in [0, 0.05) is 6.04 Å². The van der Waals surface area contributed by atoms with Crippen LogP contribution in [0.1, 0.15) is 24.9 Å². The van der Waals surface area contributed by atoms with Gasteiger partial charge in [0.05, 0.1) is 5.39 Å². The third kappa shape index (κ3) is 1.21. The number of nitrogens with one attached hydrogen (secondary N) is 1. The van der Waals surface area contributed by atoms with E-state index in [0.29, 0.717) is 16.1 Å². The summed E-state index contributed by atoms with van der Waals surface area (Å²) in [6, 6.07) is 0.0972. The summed E-state index contributed by atoms with van der Waals surface area (Å²) in [5.74, 6) is 0.440. The lowest BCUT2D eigenvalue weighted by Crippen LogP contribution is -2.34. The summed E-state index contributed by atoms with van der Waals surface area (Å²) in [5, 5.41) is 2.58. The molecule has 2 heterocycles. The monoisotopic (exact) mass is 236 g/mol. The Morgan fingerprint density at radius 2 is 2.19 bits per heavy atom. The standard InChI is InChI=1S/C11H12N2O2S/c1-5-3-7(5)13-10(14)8-6(2)4-16-9(8)12-11(13)15/h4-5,7H,3H2,1-2H3,(H,12,15)/t5-,7-/m0/s1. The summed E-state index contributed by atoms with van der Waals surface area (Å²) in [6.07, 6.45) is 0.928. The highest BCUT2D eigenvalue weighted by Crippen LogP contribution is 2.40. The first-order valence-electron chi connectivity index (χ1n) is 5.32. The van der Waals surface area contributed by atoms with Gasteiger partial charge in [-0.05, 0) is 30.2 Å². The van der Waals surface area contributed by atoms with Crippen LogP contribution in [0.4, 0.5) is 0 Å². The molecule has 2 aromatic rings. The fraction of sp³-hybridized carbons (Fsp3) is 0.455. The molecule has 1 aliphatic carbocycles. The van der Waals surface area contributed by atoms with Gasteiger partial charge in [0.1, 0.15) is 4.83 Å². The van der Waals surface area contributed by atoms with Crippen molar-refractivity contribution in [1.82, 2.24) is 9.55 Å². The second-order valence-corrected chi connectivity index (χ2v) is 5.39. The normalized spacial score (nSPS) is 23.9. The van der Waals surface area contributed by atoms with Gasteiger partial charge in [-0.2, -0.15) is 0 Å². The molecule has 1 aliphatic rings. The Morgan fingerprint density at radius 1 is 1.50 bits per heavy atom. The van der Waals surface area contributed by atoms with E-state index in [1.165, 1.54) is 15.9 Å². The number of nitrogens with zero attached hydrogens (tertiary/aromatic N) is 1. The molecule has 4 nitrogen and oxygen atoms in total. The molecule has 3 rings (SSSR count). The predicted molar refractivity (Wildman–Crippen MR) is 64.3 cm³/mol. The Labute approximate surface area is 95.5 Å². The highest BCUT2D eigenvalue weighted by molar-refractivity contribution is 7.16. The quantitative estimate of drug-likeness (QED) is 0.818. The molecule has 2 aromatic heterocycles. The first kappa shape index (κ1) is 9.84. The van der Waals surface area contributed by atoms with E-state index in [4.69, 9.17) is 0 Å². The van der Waals surface area contributed by atoms with E-state index in [-0.39, 0.29) is 17.3 Å². The molecule has 1 saturated carbocycles. The largest absolute Gasteiger partial charge is 0.329 e. The van der Waals surface area contributed by atoms with Crippen molar-refractivity contribution in [3.8, 4) is 0 Å². The molecule has 2 atom stereocenters. The lowest BCUT2D eigenvalue weighted by molar-refractivity contribution is 0.626. The molecule has 0 saturated heterocycles. The lowest BCUT2D eigenvalue weighted by atomic mass is 10.3. The molecule has 16 heavy (non-hydrogen) atoms. The van der Waals surface area contributed by atoms with E-state index in [2.05, 4.69) is 11.9 Å². The maximum Gasteiger partial charge on any atom is 0.329 e. The number of fused-ring (bicyclic) bond motifs is 1. The number of aromatic amines is 1. The molecule has 0 aliphatic heterocycles. The van der Waals surface area contributed by atoms with Gasteiger partial charge in [-0.3, -0.25) is 14.3 Å². The van der Waals surface area contributed by atoms with E-state index >= 15 is 0 Å². The molecule has 0 unspecified atom stereocenters. The average Bonchev–Trinajstić information content (AvgIpc) is 2.79. The van der Waals surface area contributed by atoms with Crippen LogP contribution in [-0.4, -0.2) is 9.55 Å². The molecule has 0 bridgehead atoms. The number of rotatable bonds is 1. The third-order valence-corrected chi connectivity index (χ3v) is 4.26. The van der Waals surface area contributed by atoms with Crippen LogP contribution in [0.5, 0.6) is 0 Å². The second-order valence-electron chi connectivity index (χ2n) is 4.51. The van der Waals surface area contributed by atoms with Gasteiger partial charge in [0.25, 0.3) is 5.56 Å². The third-order valence-electron chi connectivity index (χ3n) is 3.25. The molecule has 0 spiro atoms. The molecule has 0 amide bonds. The molecular formula is C11H12N2O2S. The van der Waals surface area contributed by atoms with Crippen molar-refractivity contribution in [2.75, 3.05) is 0 Å². The average molecular weight is 236 g/mol. The van der Waals surface area contributed by atoms with Crippen LogP contribution >= 0.6 is 11.3 Å². The van der Waals surface area contributed by atoms with Gasteiger partial charge in [0.15, 0.2) is 0 Å². The van der Waals surface area contributed by atoms with E-state index in [9.17, 15) is 9.59 Å². The van der Waals surface area contributed by atoms with Crippen molar-refractivity contribution < 1.29 is 0 Å². The molecular weight excluding hydrogens is 224 g/mol. The Morgan fingerprint density at radius 3 is 2.81 bits per heavy atom. The zero-order valence-electron chi connectivity index (χ0n) is 9.11. The number of aromatic nitrogens is 2. The van der Waals surface area contributed by atoms with Gasteiger partial charge in [0.2, 0.25) is 0 Å². The first-order chi connectivity index (χ1) is 7.59. The number of hydrogen-bond donors (Lipinski definition) is 1. The SMILES string of the molecule is Cc1csc2[nH]c(=O)n([C@H]3C[C@@H]3C)c(=O)c12. The minimum atomic E-state index is -0.270. The van der Waals surface area contributed by atoms with E-state index in [1.54, 1.807) is 0 Å². The van der Waals surface area contributed by atoms with Crippen molar-refractivity contribution in [1.29, 1.82) is 0 Å². The highest BCUT2D eigenvalue weighted by atomic mass is 32.1. The van der Waals surface area contributed by atoms with Crippen LogP contribution in [0.2, 0.25) is 0 Å². The molecule has 5 heteroatoms. The summed E-state index contributed by atoms with van der Waals surface area (Å²) in [4.78, 5) is 27.5. The molecule has 1 fully saturated rings. The summed E-state index contributed by atoms with van der Waals surface area (Å²) in [5.41, 5.74) is 0.545. The number of aryl methyl sites for hydroxylation is 1. The Hall–Kier alpha value is -1.36. The molecule has 0 radical (unpaired) electrons. The van der Waals surface area contributed by atoms with Crippen LogP contribution in [-0.2, 0) is 0 Å². The molecule has 1 N–H and O–H groups in total. The van der Waals surface area contributed by atoms with Crippen molar-refractivity contribution >= 4 is 21.6 Å². The summed E-state index contributed by atoms with van der Waals surface area (Å²) < 4.78 is 1.38. The minimum absolute atomic E-state index is 0.0972. The number of H-pyrrole nitrogens is 1. The lowest BCUT2D eigenvalue weighted by Gasteiger charge is -2.02. The highest BCUT2D eigenvalue weighted by Gasteiger charge is 2.37. The maximum absolute atomic E-state index is 12.2. The predicted octanol–water partition coefficient (Wildman–Crippen LogP) is 1.64. The van der Waals surface area contributed by atoms with Crippen LogP contribution < -0.4 is 11.2 Å². The zero-order chi connectivity index (χ0) is 11.4. The molecule has 0 aromatic carbocycles. The zero-order valence-corrected chi connectivity index (χ0v) is 9.93. The van der Waals surface area contributed by atoms with Gasteiger partial charge in [-0.15, -0.1) is 11.3 Å². The fourth-order valence-corrected chi connectivity index (χ4v) is 3.06. The van der Waals surface area contributed by atoms with Gasteiger partial charge in [-0.1, -0.05) is 6.92 Å². The first-order valence-corrected chi connectivity index (χ1v) is 6.20. The summed E-state index contributed by atoms with van der Waals surface area (Å²) >= 11 is 1.42. The van der Waals surface area contributed by atoms with Crippen molar-refractivity contribution in [2.45, 2.75) is 26.3 Å². The summed E-state index contributed by atoms with van der Waals surface area (Å²) in [6.45, 7) is 3.96. The number of hydrogen-bond acceptors (Lipinski definition) is 3. The van der Waals surface area contributed by atoms with Crippen molar-refractivity contribution in [3.05, 3.63) is 31.8 Å². The number of thiophene rings is 1. The van der Waals surface area contributed by atoms with Crippen LogP contribution in [0, 0.1) is 12.8 Å². The Kier molecular flexibility index (Phi) is 1.89. The Bertz CT molecular complexity index is 679. The smallest absolute Gasteiger partial charge is 0.298 e. The van der Waals surface area contributed by atoms with Crippen molar-refractivity contribution in [2.24, 2.45) is 5.92 Å². The second kappa shape index (κ2) is 3.07. The van der Waals surface area contributed by atoms with Crippen LogP contribution in [0.25, 0.3) is 10.2 Å². The van der Waals surface area contributed by atoms with E-state index in [0.717, 1.165) is 12.0 Å². The molecule has 84 valence electrons. The van der Waals surface area contributed by atoms with E-state index in [1.807, 2.05) is 12.3 Å². The van der Waals surface area contributed by atoms with Gasteiger partial charge in [-0.25, -0.2) is 4.79 Å². The van der Waals surface area contributed by atoms with Crippen molar-refractivity contribution in [3.63, 3.8) is 0 Å². The summed E-state index contributed by atoms with van der Waals surface area (Å²) in [7, 11) is 0. The van der Waals surface area contributed by atoms with Gasteiger partial charge < -0.3 is 0 Å².